The van der Waals surface area contributed by atoms with Gasteiger partial charge in [-0.2, -0.15) is 0 Å². The van der Waals surface area contributed by atoms with Crippen LogP contribution in [0.2, 0.25) is 0 Å². The van der Waals surface area contributed by atoms with Gasteiger partial charge in [0, 0.05) is 12.2 Å². The second kappa shape index (κ2) is 8.52. The molecule has 11 heteroatoms. The maximum absolute atomic E-state index is 13.5. The monoisotopic (exact) mass is 504 g/mol. The van der Waals surface area contributed by atoms with E-state index in [-0.39, 0.29) is 29.0 Å². The van der Waals surface area contributed by atoms with Crippen molar-refractivity contribution in [2.75, 3.05) is 16.8 Å². The molecular formula is C22H24N4O4S3. The van der Waals surface area contributed by atoms with Crippen LogP contribution in [0.15, 0.2) is 28.0 Å². The average molecular weight is 505 g/mol. The Morgan fingerprint density at radius 3 is 2.67 bits per heavy atom. The highest BCUT2D eigenvalue weighted by Gasteiger charge is 2.42. The molecule has 2 saturated heterocycles. The van der Waals surface area contributed by atoms with E-state index in [1.165, 1.54) is 9.30 Å². The van der Waals surface area contributed by atoms with E-state index in [2.05, 4.69) is 5.32 Å². The number of carbonyl (C=O) groups is 1. The van der Waals surface area contributed by atoms with Crippen molar-refractivity contribution in [3.63, 3.8) is 0 Å². The molecule has 3 fully saturated rings. The van der Waals surface area contributed by atoms with Crippen LogP contribution >= 0.6 is 24.0 Å². The van der Waals surface area contributed by atoms with Gasteiger partial charge in [-0.3, -0.25) is 18.9 Å². The molecule has 2 aromatic rings. The number of pyridine rings is 1. The summed E-state index contributed by atoms with van der Waals surface area (Å²) in [5.74, 6) is 0.0799. The van der Waals surface area contributed by atoms with Crippen molar-refractivity contribution in [2.24, 2.45) is 0 Å². The smallest absolute Gasteiger partial charge is 0.267 e. The minimum atomic E-state index is -3.17. The molecule has 0 aromatic carbocycles. The van der Waals surface area contributed by atoms with E-state index < -0.39 is 15.9 Å². The Labute approximate surface area is 201 Å². The zero-order valence-corrected chi connectivity index (χ0v) is 20.6. The summed E-state index contributed by atoms with van der Waals surface area (Å²) < 4.78 is 25.7. The molecule has 0 bridgehead atoms. The van der Waals surface area contributed by atoms with Crippen molar-refractivity contribution >= 4 is 61.6 Å². The van der Waals surface area contributed by atoms with Crippen molar-refractivity contribution in [1.82, 2.24) is 14.3 Å². The lowest BCUT2D eigenvalue weighted by Crippen LogP contribution is -2.39. The van der Waals surface area contributed by atoms with Gasteiger partial charge in [0.2, 0.25) is 0 Å². The summed E-state index contributed by atoms with van der Waals surface area (Å²) in [7, 11) is -3.17. The third-order valence-electron chi connectivity index (χ3n) is 6.37. The number of hydrogen-bond donors (Lipinski definition) is 1. The SMILES string of the molecule is Cc1ccc2nc(NC3CCCC3)c(C=C3SC(=S)N(C4CCS(=O)(=O)C4)C3=O)c(=O)n2c1. The zero-order valence-electron chi connectivity index (χ0n) is 18.1. The average Bonchev–Trinajstić information content (AvgIpc) is 3.45. The minimum absolute atomic E-state index is 0.0541. The van der Waals surface area contributed by atoms with Gasteiger partial charge in [0.15, 0.2) is 9.84 Å². The Morgan fingerprint density at radius 2 is 1.97 bits per heavy atom. The number of carbonyl (C=O) groups excluding carboxylic acids is 1. The number of sulfone groups is 1. The van der Waals surface area contributed by atoms with Crippen LogP contribution in [-0.4, -0.2) is 56.5 Å². The fourth-order valence-corrected chi connectivity index (χ4v) is 7.75. The summed E-state index contributed by atoms with van der Waals surface area (Å²) >= 11 is 6.52. The molecule has 0 radical (unpaired) electrons. The zero-order chi connectivity index (χ0) is 23.3. The quantitative estimate of drug-likeness (QED) is 0.501. The maximum atomic E-state index is 13.5. The summed E-state index contributed by atoms with van der Waals surface area (Å²) in [6.07, 6.45) is 7.93. The largest absolute Gasteiger partial charge is 0.367 e. The van der Waals surface area contributed by atoms with Crippen LogP contribution in [0.1, 0.15) is 43.2 Å². The first-order valence-electron chi connectivity index (χ1n) is 11.0. The molecular weight excluding hydrogens is 480 g/mol. The van der Waals surface area contributed by atoms with E-state index in [0.29, 0.717) is 32.7 Å². The summed E-state index contributed by atoms with van der Waals surface area (Å²) in [5.41, 5.74) is 1.50. The fraction of sp³-hybridized carbons (Fsp3) is 0.455. The molecule has 3 aliphatic rings. The van der Waals surface area contributed by atoms with Crippen LogP contribution in [0, 0.1) is 6.92 Å². The Kier molecular flexibility index (Phi) is 5.82. The van der Waals surface area contributed by atoms with Gasteiger partial charge in [0.25, 0.3) is 11.5 Å². The predicted octanol–water partition coefficient (Wildman–Crippen LogP) is 2.75. The molecule has 1 amide bonds. The second-order valence-electron chi connectivity index (χ2n) is 8.85. The topological polar surface area (TPSA) is 101 Å². The number of thioether (sulfide) groups is 1. The van der Waals surface area contributed by atoms with Crippen molar-refractivity contribution < 1.29 is 13.2 Å². The molecule has 2 aromatic heterocycles. The number of hydrogen-bond acceptors (Lipinski definition) is 8. The molecule has 33 heavy (non-hydrogen) atoms. The highest BCUT2D eigenvalue weighted by atomic mass is 32.2. The lowest BCUT2D eigenvalue weighted by Gasteiger charge is -2.21. The predicted molar refractivity (Wildman–Crippen MR) is 134 cm³/mol. The third kappa shape index (κ3) is 4.33. The Morgan fingerprint density at radius 1 is 1.21 bits per heavy atom. The number of aromatic nitrogens is 2. The van der Waals surface area contributed by atoms with E-state index in [4.69, 9.17) is 17.2 Å². The third-order valence-corrected chi connectivity index (χ3v) is 9.45. The first kappa shape index (κ1) is 22.5. The van der Waals surface area contributed by atoms with Crippen molar-refractivity contribution in [3.8, 4) is 0 Å². The van der Waals surface area contributed by atoms with E-state index in [1.54, 1.807) is 18.3 Å². The first-order chi connectivity index (χ1) is 15.7. The van der Waals surface area contributed by atoms with Gasteiger partial charge in [0.1, 0.15) is 15.8 Å². The molecule has 1 N–H and O–H groups in total. The van der Waals surface area contributed by atoms with E-state index >= 15 is 0 Å². The number of aryl methyl sites for hydroxylation is 1. The van der Waals surface area contributed by atoms with Crippen LogP contribution in [0.4, 0.5) is 5.82 Å². The van der Waals surface area contributed by atoms with E-state index in [0.717, 1.165) is 43.0 Å². The van der Waals surface area contributed by atoms with Crippen LogP contribution in [0.5, 0.6) is 0 Å². The molecule has 8 nitrogen and oxygen atoms in total. The number of rotatable bonds is 4. The number of amides is 1. The Hall–Kier alpha value is -2.24. The Bertz CT molecular complexity index is 1360. The van der Waals surface area contributed by atoms with Crippen molar-refractivity contribution in [1.29, 1.82) is 0 Å². The number of anilines is 1. The standard InChI is InChI=1S/C22H24N4O4S3/c1-13-6-7-18-24-19(23-14-4-2-3-5-14)16(20(27)25(18)11-13)10-17-21(28)26(22(31)32-17)15-8-9-33(29,30)12-15/h6-7,10-11,14-15,23H,2-5,8-9,12H2,1H3. The maximum Gasteiger partial charge on any atom is 0.267 e. The lowest BCUT2D eigenvalue weighted by atomic mass is 10.2. The van der Waals surface area contributed by atoms with Crippen LogP contribution < -0.4 is 10.9 Å². The van der Waals surface area contributed by atoms with Crippen LogP contribution in [0.3, 0.4) is 0 Å². The summed E-state index contributed by atoms with van der Waals surface area (Å²) in [6.45, 7) is 1.90. The van der Waals surface area contributed by atoms with E-state index in [1.807, 2.05) is 13.0 Å². The molecule has 0 spiro atoms. The minimum Gasteiger partial charge on any atom is -0.367 e. The van der Waals surface area contributed by atoms with Gasteiger partial charge >= 0.3 is 0 Å². The van der Waals surface area contributed by atoms with Gasteiger partial charge in [0.05, 0.1) is 28.0 Å². The van der Waals surface area contributed by atoms with E-state index in [9.17, 15) is 18.0 Å². The molecule has 1 aliphatic carbocycles. The first-order valence-corrected chi connectivity index (χ1v) is 14.0. The van der Waals surface area contributed by atoms with Crippen molar-refractivity contribution in [3.05, 3.63) is 44.7 Å². The van der Waals surface area contributed by atoms with Gasteiger partial charge < -0.3 is 5.32 Å². The fourth-order valence-electron chi connectivity index (χ4n) is 4.67. The highest BCUT2D eigenvalue weighted by molar-refractivity contribution is 8.26. The number of nitrogens with zero attached hydrogens (tertiary/aromatic N) is 3. The Balaban J connectivity index is 1.57. The summed E-state index contributed by atoms with van der Waals surface area (Å²) in [5, 5.41) is 3.42. The van der Waals surface area contributed by atoms with Gasteiger partial charge in [-0.1, -0.05) is 42.9 Å². The normalized spacial score (nSPS) is 24.5. The second-order valence-corrected chi connectivity index (χ2v) is 12.8. The molecule has 5 rings (SSSR count). The lowest BCUT2D eigenvalue weighted by molar-refractivity contribution is -0.123. The summed E-state index contributed by atoms with van der Waals surface area (Å²) in [4.78, 5) is 33.1. The molecule has 174 valence electrons. The summed E-state index contributed by atoms with van der Waals surface area (Å²) in [6, 6.07) is 3.49. The highest BCUT2D eigenvalue weighted by Crippen LogP contribution is 2.36. The molecule has 1 atom stereocenters. The molecule has 1 unspecified atom stereocenters. The van der Waals surface area contributed by atoms with Gasteiger partial charge in [-0.25, -0.2) is 13.4 Å². The van der Waals surface area contributed by atoms with Crippen molar-refractivity contribution in [2.45, 2.75) is 51.1 Å². The van der Waals surface area contributed by atoms with Crippen LogP contribution in [-0.2, 0) is 14.6 Å². The van der Waals surface area contributed by atoms with Gasteiger partial charge in [-0.05, 0) is 43.9 Å². The number of fused-ring (bicyclic) bond motifs is 1. The molecule has 4 heterocycles. The number of nitrogens with one attached hydrogen (secondary N) is 1. The molecule has 1 saturated carbocycles. The van der Waals surface area contributed by atoms with Crippen LogP contribution in [0.25, 0.3) is 11.7 Å². The molecule has 2 aliphatic heterocycles. The number of thiocarbonyl (C=S) groups is 1. The van der Waals surface area contributed by atoms with Gasteiger partial charge in [-0.15, -0.1) is 0 Å².